The molecule has 0 aliphatic carbocycles. The van der Waals surface area contributed by atoms with Crippen molar-refractivity contribution < 1.29 is 4.79 Å². The van der Waals surface area contributed by atoms with Crippen LogP contribution in [0.1, 0.15) is 22.4 Å². The quantitative estimate of drug-likeness (QED) is 0.203. The molecule has 2 heterocycles. The first-order valence-corrected chi connectivity index (χ1v) is 15.1. The summed E-state index contributed by atoms with van der Waals surface area (Å²) in [6, 6.07) is 34.9. The van der Waals surface area contributed by atoms with Gasteiger partial charge in [-0.15, -0.1) is 12.4 Å². The van der Waals surface area contributed by atoms with Crippen molar-refractivity contribution in [2.24, 2.45) is 0 Å². The molecule has 1 aliphatic rings. The zero-order chi connectivity index (χ0) is 29.8. The molecule has 4 aromatic carbocycles. The molecule has 5 aromatic rings. The van der Waals surface area contributed by atoms with Crippen LogP contribution in [-0.2, 0) is 6.42 Å². The number of carbonyl (C=O) groups is 1. The number of hydrogen-bond donors (Lipinski definition) is 1. The summed E-state index contributed by atoms with van der Waals surface area (Å²) >= 11 is 0. The molecule has 2 amide bonds. The second kappa shape index (κ2) is 13.9. The number of nitrogens with one attached hydrogen (secondary N) is 1. The van der Waals surface area contributed by atoms with Gasteiger partial charge in [-0.1, -0.05) is 54.6 Å². The van der Waals surface area contributed by atoms with E-state index in [0.717, 1.165) is 78.5 Å². The van der Waals surface area contributed by atoms with Crippen molar-refractivity contribution in [3.05, 3.63) is 126 Å². The Morgan fingerprint density at radius 2 is 1.52 bits per heavy atom. The molecule has 1 fully saturated rings. The highest BCUT2D eigenvalue weighted by Gasteiger charge is 2.22. The van der Waals surface area contributed by atoms with Gasteiger partial charge in [-0.3, -0.25) is 14.8 Å². The van der Waals surface area contributed by atoms with Crippen LogP contribution in [0.25, 0.3) is 10.9 Å². The van der Waals surface area contributed by atoms with Crippen LogP contribution >= 0.6 is 12.4 Å². The number of amides is 2. The molecular weight excluding hydrogens is 566 g/mol. The third-order valence-corrected chi connectivity index (χ3v) is 8.39. The number of para-hydroxylation sites is 2. The molecule has 1 saturated heterocycles. The van der Waals surface area contributed by atoms with E-state index in [1.807, 2.05) is 75.4 Å². The number of benzene rings is 4. The van der Waals surface area contributed by atoms with Gasteiger partial charge in [-0.2, -0.15) is 0 Å². The zero-order valence-electron chi connectivity index (χ0n) is 25.7. The number of fused-ring (bicyclic) bond motifs is 1. The maximum Gasteiger partial charge on any atom is 0.330 e. The molecular formula is C37H40ClN5O. The number of nitrogens with zero attached hydrogens (tertiary/aromatic N) is 4. The highest BCUT2D eigenvalue weighted by Crippen LogP contribution is 2.31. The fourth-order valence-corrected chi connectivity index (χ4v) is 5.93. The lowest BCUT2D eigenvalue weighted by Crippen LogP contribution is -2.47. The monoisotopic (exact) mass is 605 g/mol. The minimum atomic E-state index is -0.171. The summed E-state index contributed by atoms with van der Waals surface area (Å²) in [6.45, 7) is 11.1. The molecule has 0 bridgehead atoms. The maximum absolute atomic E-state index is 13.8. The number of piperazine rings is 1. The minimum absolute atomic E-state index is 0. The van der Waals surface area contributed by atoms with E-state index >= 15 is 0 Å². The Kier molecular flexibility index (Phi) is 9.83. The molecule has 6 nitrogen and oxygen atoms in total. The summed E-state index contributed by atoms with van der Waals surface area (Å²) in [5.74, 6) is 0. The van der Waals surface area contributed by atoms with E-state index in [9.17, 15) is 4.79 Å². The van der Waals surface area contributed by atoms with Gasteiger partial charge in [0.1, 0.15) is 0 Å². The number of anilines is 4. The normalized spacial score (nSPS) is 13.4. The van der Waals surface area contributed by atoms with E-state index in [0.29, 0.717) is 0 Å². The van der Waals surface area contributed by atoms with Crippen molar-refractivity contribution in [2.75, 3.05) is 47.8 Å². The van der Waals surface area contributed by atoms with Crippen LogP contribution in [-0.4, -0.2) is 48.6 Å². The summed E-state index contributed by atoms with van der Waals surface area (Å²) in [5.41, 5.74) is 9.24. The summed E-state index contributed by atoms with van der Waals surface area (Å²) in [5, 5.41) is 4.36. The third kappa shape index (κ3) is 6.88. The second-order valence-corrected chi connectivity index (χ2v) is 11.4. The van der Waals surface area contributed by atoms with E-state index in [2.05, 4.69) is 63.6 Å². The predicted octanol–water partition coefficient (Wildman–Crippen LogP) is 8.32. The van der Waals surface area contributed by atoms with Gasteiger partial charge in [0.05, 0.1) is 16.9 Å². The average Bonchev–Trinajstić information content (AvgIpc) is 3.02. The topological polar surface area (TPSA) is 51.7 Å². The van der Waals surface area contributed by atoms with Crippen LogP contribution in [0.2, 0.25) is 0 Å². The van der Waals surface area contributed by atoms with Crippen molar-refractivity contribution in [3.63, 3.8) is 0 Å². The highest BCUT2D eigenvalue weighted by molar-refractivity contribution is 6.07. The van der Waals surface area contributed by atoms with Crippen LogP contribution in [0.5, 0.6) is 0 Å². The molecule has 0 atom stereocenters. The fourth-order valence-electron chi connectivity index (χ4n) is 5.93. The predicted molar refractivity (Wildman–Crippen MR) is 186 cm³/mol. The number of carbonyl (C=O) groups excluding carboxylic acids is 1. The SMILES string of the molecule is Cc1ccc2c(N3CCN(CCc4cccc(N(C(=O)Nc5ccccc5C)c5ccccc5C)c4)CC3)cccc2n1.Cl. The fraction of sp³-hybridized carbons (Fsp3) is 0.243. The molecule has 0 unspecified atom stereocenters. The van der Waals surface area contributed by atoms with Gasteiger partial charge >= 0.3 is 6.03 Å². The Hall–Kier alpha value is -4.39. The number of aryl methyl sites for hydroxylation is 3. The molecule has 7 heteroatoms. The smallest absolute Gasteiger partial charge is 0.330 e. The average molecular weight is 606 g/mol. The lowest BCUT2D eigenvalue weighted by molar-refractivity contribution is 0.259. The first-order chi connectivity index (χ1) is 21.0. The Morgan fingerprint density at radius 1 is 0.795 bits per heavy atom. The Labute approximate surface area is 266 Å². The second-order valence-electron chi connectivity index (χ2n) is 11.4. The summed E-state index contributed by atoms with van der Waals surface area (Å²) in [4.78, 5) is 25.3. The first-order valence-electron chi connectivity index (χ1n) is 15.1. The van der Waals surface area contributed by atoms with Gasteiger partial charge < -0.3 is 10.2 Å². The molecule has 226 valence electrons. The Bertz CT molecular complexity index is 1750. The van der Waals surface area contributed by atoms with E-state index in [-0.39, 0.29) is 18.4 Å². The number of rotatable bonds is 7. The molecule has 1 N–H and O–H groups in total. The number of hydrogen-bond acceptors (Lipinski definition) is 4. The van der Waals surface area contributed by atoms with E-state index < -0.39 is 0 Å². The third-order valence-electron chi connectivity index (χ3n) is 8.39. The van der Waals surface area contributed by atoms with Gasteiger partial charge in [0.25, 0.3) is 0 Å². The maximum atomic E-state index is 13.8. The number of pyridine rings is 1. The number of aromatic nitrogens is 1. The molecule has 0 radical (unpaired) electrons. The zero-order valence-corrected chi connectivity index (χ0v) is 26.5. The summed E-state index contributed by atoms with van der Waals surface area (Å²) in [6.07, 6.45) is 0.923. The largest absolute Gasteiger partial charge is 0.368 e. The molecule has 0 saturated carbocycles. The summed E-state index contributed by atoms with van der Waals surface area (Å²) in [7, 11) is 0. The van der Waals surface area contributed by atoms with E-state index in [1.165, 1.54) is 16.6 Å². The molecule has 0 spiro atoms. The van der Waals surface area contributed by atoms with Crippen LogP contribution in [0.15, 0.2) is 103 Å². The van der Waals surface area contributed by atoms with Gasteiger partial charge in [0.15, 0.2) is 0 Å². The molecule has 1 aliphatic heterocycles. The van der Waals surface area contributed by atoms with Gasteiger partial charge in [-0.05, 0) is 92.4 Å². The van der Waals surface area contributed by atoms with Crippen molar-refractivity contribution in [3.8, 4) is 0 Å². The van der Waals surface area contributed by atoms with Gasteiger partial charge in [0.2, 0.25) is 0 Å². The van der Waals surface area contributed by atoms with Crippen molar-refractivity contribution in [1.29, 1.82) is 0 Å². The van der Waals surface area contributed by atoms with Crippen LogP contribution in [0.3, 0.4) is 0 Å². The van der Waals surface area contributed by atoms with Crippen LogP contribution < -0.4 is 15.1 Å². The lowest BCUT2D eigenvalue weighted by atomic mass is 10.1. The van der Waals surface area contributed by atoms with E-state index in [1.54, 1.807) is 4.90 Å². The van der Waals surface area contributed by atoms with Crippen LogP contribution in [0, 0.1) is 20.8 Å². The Balaban J connectivity index is 0.00000384. The molecule has 44 heavy (non-hydrogen) atoms. The van der Waals surface area contributed by atoms with Gasteiger partial charge in [-0.25, -0.2) is 4.79 Å². The highest BCUT2D eigenvalue weighted by atomic mass is 35.5. The first kappa shape index (κ1) is 31.0. The van der Waals surface area contributed by atoms with Crippen LogP contribution in [0.4, 0.5) is 27.5 Å². The standard InChI is InChI=1S/C37H39N5O.ClH/c1-27-10-4-6-14-33(27)39-37(43)42(35-16-7-5-11-28(35)2)31-13-8-12-30(26-31)20-21-40-22-24-41(25-23-40)36-17-9-15-34-32(36)19-18-29(3)38-34;/h4-19,26H,20-25H2,1-3H3,(H,39,43);1H. The lowest BCUT2D eigenvalue weighted by Gasteiger charge is -2.36. The van der Waals surface area contributed by atoms with Crippen molar-refractivity contribution in [1.82, 2.24) is 9.88 Å². The molecule has 6 rings (SSSR count). The minimum Gasteiger partial charge on any atom is -0.368 e. The van der Waals surface area contributed by atoms with Gasteiger partial charge in [0, 0.05) is 55.2 Å². The number of urea groups is 1. The Morgan fingerprint density at radius 3 is 2.30 bits per heavy atom. The number of halogens is 1. The van der Waals surface area contributed by atoms with Crippen molar-refractivity contribution >= 4 is 52.1 Å². The van der Waals surface area contributed by atoms with E-state index in [4.69, 9.17) is 4.98 Å². The van der Waals surface area contributed by atoms with Crippen molar-refractivity contribution in [2.45, 2.75) is 27.2 Å². The summed E-state index contributed by atoms with van der Waals surface area (Å²) < 4.78 is 0. The molecule has 1 aromatic heterocycles.